The standard InChI is InChI=1S/C23H24O7/c1-11-7-17(29-18(27)8-13-3-5-15(25)6-4-13)20-12(2)23(28)30-22(20)21-14(10-24)9-16(26)19(11)21/h3-6,9,12,17,20-22,24-25H,7-8,10H2,1-2H3/t12-,17+,20-,21+,22+/m1/s1. The maximum Gasteiger partial charge on any atom is 0.310 e. The van der Waals surface area contributed by atoms with Gasteiger partial charge in [-0.05, 0) is 36.3 Å². The molecule has 7 nitrogen and oxygen atoms in total. The predicted octanol–water partition coefficient (Wildman–Crippen LogP) is 1.86. The monoisotopic (exact) mass is 412 g/mol. The lowest BCUT2D eigenvalue weighted by Crippen LogP contribution is -2.38. The Kier molecular flexibility index (Phi) is 5.24. The Hall–Kier alpha value is -2.93. The second-order valence-electron chi connectivity index (χ2n) is 8.26. The lowest BCUT2D eigenvalue weighted by molar-refractivity contribution is -0.152. The number of ether oxygens (including phenoxy) is 2. The van der Waals surface area contributed by atoms with Crippen LogP contribution in [0.2, 0.25) is 0 Å². The van der Waals surface area contributed by atoms with E-state index in [1.807, 2.05) is 6.92 Å². The fourth-order valence-electron chi connectivity index (χ4n) is 4.91. The van der Waals surface area contributed by atoms with Crippen molar-refractivity contribution in [3.05, 3.63) is 52.6 Å². The Morgan fingerprint density at radius 2 is 1.93 bits per heavy atom. The van der Waals surface area contributed by atoms with Gasteiger partial charge in [0, 0.05) is 23.8 Å². The molecule has 1 saturated heterocycles. The first-order chi connectivity index (χ1) is 14.3. The lowest BCUT2D eigenvalue weighted by Gasteiger charge is -2.29. The van der Waals surface area contributed by atoms with Gasteiger partial charge < -0.3 is 19.7 Å². The average Bonchev–Trinajstić information content (AvgIpc) is 3.15. The third-order valence-corrected chi connectivity index (χ3v) is 6.35. The summed E-state index contributed by atoms with van der Waals surface area (Å²) in [6.07, 6.45) is 0.502. The van der Waals surface area contributed by atoms with Crippen LogP contribution >= 0.6 is 0 Å². The number of aromatic hydroxyl groups is 1. The van der Waals surface area contributed by atoms with E-state index in [1.165, 1.54) is 18.2 Å². The van der Waals surface area contributed by atoms with Crippen LogP contribution in [0.4, 0.5) is 0 Å². The number of phenolic OH excluding ortho intramolecular Hbond substituents is 1. The summed E-state index contributed by atoms with van der Waals surface area (Å²) in [4.78, 5) is 37.6. The molecule has 3 aliphatic rings. The third-order valence-electron chi connectivity index (χ3n) is 6.35. The molecule has 2 aliphatic carbocycles. The Labute approximate surface area is 174 Å². The number of aliphatic hydroxyl groups excluding tert-OH is 1. The van der Waals surface area contributed by atoms with Crippen LogP contribution in [0.25, 0.3) is 0 Å². The number of rotatable bonds is 4. The van der Waals surface area contributed by atoms with Gasteiger partial charge in [-0.25, -0.2) is 0 Å². The number of esters is 2. The van der Waals surface area contributed by atoms with E-state index >= 15 is 0 Å². The molecular weight excluding hydrogens is 388 g/mol. The SMILES string of the molecule is CC1=C2C(=O)C=C(CO)[C@@H]2[C@H]2OC(=O)[C@H](C)[C@@H]2[C@@H](OC(=O)Cc2ccc(O)cc2)C1. The number of carbonyl (C=O) groups is 3. The number of phenols is 1. The first kappa shape index (κ1) is 20.3. The van der Waals surface area contributed by atoms with Crippen LogP contribution in [0.15, 0.2) is 47.1 Å². The molecule has 5 atom stereocenters. The number of hydrogen-bond donors (Lipinski definition) is 2. The molecule has 0 aromatic heterocycles. The van der Waals surface area contributed by atoms with Crippen molar-refractivity contribution >= 4 is 17.7 Å². The molecule has 0 unspecified atom stereocenters. The fourth-order valence-corrected chi connectivity index (χ4v) is 4.91. The van der Waals surface area contributed by atoms with Gasteiger partial charge in [0.2, 0.25) is 0 Å². The van der Waals surface area contributed by atoms with Crippen molar-refractivity contribution in [2.45, 2.75) is 38.9 Å². The zero-order valence-corrected chi connectivity index (χ0v) is 16.8. The predicted molar refractivity (Wildman–Crippen MR) is 105 cm³/mol. The minimum absolute atomic E-state index is 0.0249. The van der Waals surface area contributed by atoms with E-state index in [1.54, 1.807) is 19.1 Å². The Morgan fingerprint density at radius 3 is 2.60 bits per heavy atom. The number of allylic oxidation sites excluding steroid dienone is 1. The van der Waals surface area contributed by atoms with E-state index in [0.29, 0.717) is 23.1 Å². The molecule has 0 amide bonds. The molecule has 7 heteroatoms. The summed E-state index contributed by atoms with van der Waals surface area (Å²) < 4.78 is 11.5. The van der Waals surface area contributed by atoms with Crippen LogP contribution < -0.4 is 0 Å². The van der Waals surface area contributed by atoms with Crippen molar-refractivity contribution in [3.8, 4) is 5.75 Å². The van der Waals surface area contributed by atoms with Gasteiger partial charge >= 0.3 is 11.9 Å². The van der Waals surface area contributed by atoms with Gasteiger partial charge in [-0.15, -0.1) is 0 Å². The van der Waals surface area contributed by atoms with Crippen LogP contribution in [0, 0.1) is 17.8 Å². The second-order valence-corrected chi connectivity index (χ2v) is 8.26. The largest absolute Gasteiger partial charge is 0.508 e. The van der Waals surface area contributed by atoms with E-state index in [2.05, 4.69) is 0 Å². The minimum atomic E-state index is -0.656. The van der Waals surface area contributed by atoms with Gasteiger partial charge in [0.1, 0.15) is 18.0 Å². The van der Waals surface area contributed by atoms with Crippen molar-refractivity contribution in [1.29, 1.82) is 0 Å². The van der Waals surface area contributed by atoms with Crippen LogP contribution in [0.5, 0.6) is 5.75 Å². The summed E-state index contributed by atoms with van der Waals surface area (Å²) in [5.74, 6) is -2.33. The van der Waals surface area contributed by atoms with Crippen molar-refractivity contribution in [2.75, 3.05) is 6.61 Å². The van der Waals surface area contributed by atoms with Crippen molar-refractivity contribution in [1.82, 2.24) is 0 Å². The average molecular weight is 412 g/mol. The van der Waals surface area contributed by atoms with Crippen LogP contribution in [0.3, 0.4) is 0 Å². The van der Waals surface area contributed by atoms with Crippen LogP contribution in [0.1, 0.15) is 25.8 Å². The quantitative estimate of drug-likeness (QED) is 0.727. The number of ketones is 1. The zero-order chi connectivity index (χ0) is 21.6. The molecule has 1 heterocycles. The zero-order valence-electron chi connectivity index (χ0n) is 16.8. The Bertz CT molecular complexity index is 956. The number of aliphatic hydroxyl groups is 1. The molecule has 0 saturated carbocycles. The highest BCUT2D eigenvalue weighted by Crippen LogP contribution is 2.48. The highest BCUT2D eigenvalue weighted by atomic mass is 16.6. The summed E-state index contributed by atoms with van der Waals surface area (Å²) in [5.41, 5.74) is 2.54. The maximum absolute atomic E-state index is 12.6. The van der Waals surface area contributed by atoms with E-state index in [0.717, 1.165) is 5.57 Å². The molecular formula is C23H24O7. The van der Waals surface area contributed by atoms with Gasteiger partial charge in [0.15, 0.2) is 5.78 Å². The van der Waals surface area contributed by atoms with E-state index in [-0.39, 0.29) is 30.5 Å². The van der Waals surface area contributed by atoms with Gasteiger partial charge in [-0.2, -0.15) is 0 Å². The topological polar surface area (TPSA) is 110 Å². The molecule has 1 aliphatic heterocycles. The maximum atomic E-state index is 12.6. The van der Waals surface area contributed by atoms with Gasteiger partial charge in [-0.3, -0.25) is 14.4 Å². The van der Waals surface area contributed by atoms with Crippen molar-refractivity contribution in [2.24, 2.45) is 17.8 Å². The summed E-state index contributed by atoms with van der Waals surface area (Å²) in [6.45, 7) is 3.27. The fraction of sp³-hybridized carbons (Fsp3) is 0.435. The van der Waals surface area contributed by atoms with Crippen molar-refractivity contribution in [3.63, 3.8) is 0 Å². The molecule has 1 aromatic carbocycles. The molecule has 30 heavy (non-hydrogen) atoms. The Balaban J connectivity index is 1.62. The Morgan fingerprint density at radius 1 is 1.23 bits per heavy atom. The summed E-state index contributed by atoms with van der Waals surface area (Å²) in [7, 11) is 0. The molecule has 0 radical (unpaired) electrons. The third kappa shape index (κ3) is 3.43. The van der Waals surface area contributed by atoms with Gasteiger partial charge in [0.05, 0.1) is 18.9 Å². The van der Waals surface area contributed by atoms with Crippen LogP contribution in [-0.2, 0) is 30.3 Å². The number of benzene rings is 1. The van der Waals surface area contributed by atoms with Crippen LogP contribution in [-0.4, -0.2) is 46.7 Å². The van der Waals surface area contributed by atoms with Gasteiger partial charge in [-0.1, -0.05) is 24.6 Å². The highest BCUT2D eigenvalue weighted by Gasteiger charge is 2.55. The van der Waals surface area contributed by atoms with E-state index in [4.69, 9.17) is 9.47 Å². The first-order valence-electron chi connectivity index (χ1n) is 10.0. The van der Waals surface area contributed by atoms with E-state index in [9.17, 15) is 24.6 Å². The summed E-state index contributed by atoms with van der Waals surface area (Å²) in [5, 5.41) is 19.2. The molecule has 0 spiro atoms. The van der Waals surface area contributed by atoms with Gasteiger partial charge in [0.25, 0.3) is 0 Å². The summed E-state index contributed by atoms with van der Waals surface area (Å²) in [6, 6.07) is 6.29. The highest BCUT2D eigenvalue weighted by molar-refractivity contribution is 6.09. The second kappa shape index (κ2) is 7.72. The first-order valence-corrected chi connectivity index (χ1v) is 10.0. The molecule has 2 N–H and O–H groups in total. The number of hydrogen-bond acceptors (Lipinski definition) is 7. The van der Waals surface area contributed by atoms with Crippen molar-refractivity contribution < 1.29 is 34.1 Å². The van der Waals surface area contributed by atoms with E-state index < -0.39 is 35.9 Å². The minimum Gasteiger partial charge on any atom is -0.508 e. The lowest BCUT2D eigenvalue weighted by atomic mass is 9.79. The number of fused-ring (bicyclic) bond motifs is 3. The molecule has 4 rings (SSSR count). The molecule has 1 aromatic rings. The molecule has 0 bridgehead atoms. The normalized spacial score (nSPS) is 30.4. The summed E-state index contributed by atoms with van der Waals surface area (Å²) >= 11 is 0. The molecule has 1 fully saturated rings. The number of carbonyl (C=O) groups excluding carboxylic acids is 3. The smallest absolute Gasteiger partial charge is 0.310 e. The molecule has 158 valence electrons.